The third-order valence-electron chi connectivity index (χ3n) is 5.13. The molecule has 3 heterocycles. The lowest BCUT2D eigenvalue weighted by Gasteiger charge is -2.48. The maximum absolute atomic E-state index is 13.2. The minimum atomic E-state index is -0.611. The molecule has 1 aromatic carbocycles. The number of thioether (sulfide) groups is 1. The molecule has 10 heteroatoms. The van der Waals surface area contributed by atoms with E-state index in [1.54, 1.807) is 38.1 Å². The fourth-order valence-electron chi connectivity index (χ4n) is 3.56. The second kappa shape index (κ2) is 9.33. The molecule has 1 fully saturated rings. The number of nitrogens with zero attached hydrogens (tertiary/aromatic N) is 1. The van der Waals surface area contributed by atoms with Crippen LogP contribution in [0.2, 0.25) is 0 Å². The van der Waals surface area contributed by atoms with E-state index in [4.69, 9.17) is 19.9 Å². The first-order valence-corrected chi connectivity index (χ1v) is 12.2. The van der Waals surface area contributed by atoms with E-state index in [1.165, 1.54) is 16.2 Å². The first kappa shape index (κ1) is 22.3. The smallest absolute Gasteiger partial charge is 0.355 e. The van der Waals surface area contributed by atoms with Crippen molar-refractivity contribution in [2.24, 2.45) is 5.73 Å². The van der Waals surface area contributed by atoms with Crippen molar-refractivity contribution in [3.05, 3.63) is 55.8 Å². The molecule has 2 aliphatic rings. The summed E-state index contributed by atoms with van der Waals surface area (Å²) < 4.78 is 17.0. The van der Waals surface area contributed by atoms with Gasteiger partial charge in [0, 0.05) is 38.7 Å². The predicted octanol–water partition coefficient (Wildman–Crippen LogP) is 3.36. The summed E-state index contributed by atoms with van der Waals surface area (Å²) in [6, 6.07) is 6.66. The first-order valence-electron chi connectivity index (χ1n) is 9.44. The monoisotopic (exact) mass is 524 g/mol. The number of benzene rings is 1. The third-order valence-corrected chi connectivity index (χ3v) is 8.32. The molecule has 164 valence electrons. The molecule has 1 saturated heterocycles. The Morgan fingerprint density at radius 1 is 1.26 bits per heavy atom. The van der Waals surface area contributed by atoms with Gasteiger partial charge in [-0.05, 0) is 33.6 Å². The summed E-state index contributed by atoms with van der Waals surface area (Å²) in [6.45, 7) is 0.492. The number of amides is 1. The molecule has 2 aromatic rings. The molecule has 7 nitrogen and oxygen atoms in total. The van der Waals surface area contributed by atoms with Crippen LogP contribution in [0.3, 0.4) is 0 Å². The van der Waals surface area contributed by atoms with E-state index in [0.29, 0.717) is 12.4 Å². The Labute approximate surface area is 196 Å². The summed E-state index contributed by atoms with van der Waals surface area (Å²) in [5.74, 6) is 0.449. The van der Waals surface area contributed by atoms with Crippen LogP contribution >= 0.6 is 39.0 Å². The normalized spacial score (nSPS) is 20.4. The fourth-order valence-corrected chi connectivity index (χ4v) is 6.65. The average molecular weight is 525 g/mol. The van der Waals surface area contributed by atoms with E-state index in [2.05, 4.69) is 15.9 Å². The van der Waals surface area contributed by atoms with Crippen LogP contribution in [0.1, 0.15) is 16.0 Å². The number of hydrogen-bond donors (Lipinski definition) is 1. The number of β-lactam (4-membered cyclic amide) rings is 1. The quantitative estimate of drug-likeness (QED) is 0.438. The van der Waals surface area contributed by atoms with E-state index in [9.17, 15) is 9.59 Å². The zero-order chi connectivity index (χ0) is 22.1. The van der Waals surface area contributed by atoms with Gasteiger partial charge in [0.25, 0.3) is 0 Å². The number of thiophene rings is 1. The molecule has 2 atom stereocenters. The lowest BCUT2D eigenvalue weighted by Crippen LogP contribution is -2.68. The van der Waals surface area contributed by atoms with Gasteiger partial charge in [0.05, 0.1) is 13.7 Å². The van der Waals surface area contributed by atoms with Crippen molar-refractivity contribution in [2.75, 3.05) is 20.0 Å². The molecule has 4 rings (SSSR count). The Hall–Kier alpha value is -1.85. The largest absolute Gasteiger partial charge is 0.497 e. The zero-order valence-electron chi connectivity index (χ0n) is 16.9. The van der Waals surface area contributed by atoms with Gasteiger partial charge in [-0.15, -0.1) is 23.1 Å². The van der Waals surface area contributed by atoms with Crippen LogP contribution in [0.15, 0.2) is 39.8 Å². The number of methoxy groups -OCH3 is 2. The van der Waals surface area contributed by atoms with Gasteiger partial charge in [-0.3, -0.25) is 9.69 Å². The molecule has 0 unspecified atom stereocenters. The summed E-state index contributed by atoms with van der Waals surface area (Å²) in [7, 11) is 3.22. The van der Waals surface area contributed by atoms with Crippen molar-refractivity contribution in [1.29, 1.82) is 0 Å². The number of esters is 1. The molecule has 0 spiro atoms. The van der Waals surface area contributed by atoms with Crippen molar-refractivity contribution in [2.45, 2.75) is 24.6 Å². The molecule has 0 aliphatic carbocycles. The van der Waals surface area contributed by atoms with E-state index in [1.807, 2.05) is 17.5 Å². The molecule has 0 radical (unpaired) electrons. The van der Waals surface area contributed by atoms with Crippen LogP contribution in [-0.4, -0.2) is 48.2 Å². The van der Waals surface area contributed by atoms with Gasteiger partial charge in [0.15, 0.2) is 0 Å². The molecule has 0 bridgehead atoms. The highest BCUT2D eigenvalue weighted by molar-refractivity contribution is 9.10. The number of ether oxygens (including phenoxy) is 3. The highest BCUT2D eigenvalue weighted by Crippen LogP contribution is 2.46. The Balaban J connectivity index is 1.67. The number of halogens is 1. The zero-order valence-corrected chi connectivity index (χ0v) is 20.1. The van der Waals surface area contributed by atoms with Gasteiger partial charge in [-0.2, -0.15) is 0 Å². The van der Waals surface area contributed by atoms with Crippen LogP contribution in [0.25, 0.3) is 5.57 Å². The summed E-state index contributed by atoms with van der Waals surface area (Å²) in [4.78, 5) is 28.2. The molecule has 2 N–H and O–H groups in total. The second-order valence-corrected chi connectivity index (χ2v) is 9.93. The van der Waals surface area contributed by atoms with Crippen molar-refractivity contribution < 1.29 is 23.8 Å². The maximum Gasteiger partial charge on any atom is 0.355 e. The fraction of sp³-hybridized carbons (Fsp3) is 0.333. The Bertz CT molecular complexity index is 1040. The van der Waals surface area contributed by atoms with E-state index in [0.717, 1.165) is 31.8 Å². The van der Waals surface area contributed by atoms with E-state index in [-0.39, 0.29) is 23.6 Å². The number of hydrogen-bond acceptors (Lipinski definition) is 8. The van der Waals surface area contributed by atoms with Gasteiger partial charge in [-0.25, -0.2) is 4.79 Å². The predicted molar refractivity (Wildman–Crippen MR) is 124 cm³/mol. The van der Waals surface area contributed by atoms with E-state index >= 15 is 0 Å². The molecule has 1 amide bonds. The van der Waals surface area contributed by atoms with Gasteiger partial charge in [0.2, 0.25) is 5.91 Å². The number of carbonyl (C=O) groups excluding carboxylic acids is 2. The summed E-state index contributed by atoms with van der Waals surface area (Å²) in [5, 5.41) is 1.69. The molecule has 1 aromatic heterocycles. The molecule has 31 heavy (non-hydrogen) atoms. The maximum atomic E-state index is 13.2. The van der Waals surface area contributed by atoms with Crippen LogP contribution in [0.4, 0.5) is 0 Å². The van der Waals surface area contributed by atoms with Crippen molar-refractivity contribution in [3.8, 4) is 5.75 Å². The third kappa shape index (κ3) is 4.14. The Morgan fingerprint density at radius 3 is 2.68 bits per heavy atom. The van der Waals surface area contributed by atoms with E-state index < -0.39 is 12.0 Å². The van der Waals surface area contributed by atoms with Crippen LogP contribution < -0.4 is 10.5 Å². The minimum absolute atomic E-state index is 0.0846. The number of carbonyl (C=O) groups is 2. The van der Waals surface area contributed by atoms with Gasteiger partial charge >= 0.3 is 5.97 Å². The van der Waals surface area contributed by atoms with Gasteiger partial charge in [0.1, 0.15) is 29.5 Å². The summed E-state index contributed by atoms with van der Waals surface area (Å²) >= 11 is 6.67. The lowest BCUT2D eigenvalue weighted by molar-refractivity contribution is -0.151. The molecular weight excluding hydrogens is 504 g/mol. The molecule has 2 aliphatic heterocycles. The summed E-state index contributed by atoms with van der Waals surface area (Å²) in [6.07, 6.45) is 0. The number of fused-ring (bicyclic) bond motifs is 1. The van der Waals surface area contributed by atoms with Gasteiger partial charge in [-0.1, -0.05) is 12.1 Å². The standard InChI is InChI=1S/C21H21BrN2O5S2/c1-27-8-15-16(14(22)10-30-15)13-9-31-20-17(23)19(25)24(20)18(13)21(26)29-7-11-3-5-12(28-2)6-4-11/h3-6,10,17,20H,7-9,23H2,1-2H3/t17-,20-/m1/s1. The second-order valence-electron chi connectivity index (χ2n) is 7.00. The average Bonchev–Trinajstić information content (AvgIpc) is 3.16. The van der Waals surface area contributed by atoms with Crippen LogP contribution in [0, 0.1) is 0 Å². The van der Waals surface area contributed by atoms with Crippen molar-refractivity contribution >= 4 is 56.5 Å². The van der Waals surface area contributed by atoms with Crippen LogP contribution in [0.5, 0.6) is 5.75 Å². The Kier molecular flexibility index (Phi) is 6.73. The lowest BCUT2D eigenvalue weighted by atomic mass is 9.99. The Morgan fingerprint density at radius 2 is 2.00 bits per heavy atom. The topological polar surface area (TPSA) is 91.1 Å². The SMILES string of the molecule is COCc1scc(Br)c1C1=C(C(=O)OCc2ccc(OC)cc2)N2C(=O)[C@@H](N)[C@H]2SC1. The first-order chi connectivity index (χ1) is 15.0. The van der Waals surface area contributed by atoms with Crippen molar-refractivity contribution in [1.82, 2.24) is 4.90 Å². The summed E-state index contributed by atoms with van der Waals surface area (Å²) in [5.41, 5.74) is 8.69. The number of rotatable bonds is 7. The van der Waals surface area contributed by atoms with Crippen molar-refractivity contribution in [3.63, 3.8) is 0 Å². The van der Waals surface area contributed by atoms with Gasteiger partial charge < -0.3 is 19.9 Å². The highest BCUT2D eigenvalue weighted by atomic mass is 79.9. The highest BCUT2D eigenvalue weighted by Gasteiger charge is 2.52. The molecular formula is C21H21BrN2O5S2. The van der Waals surface area contributed by atoms with Crippen LogP contribution in [-0.2, 0) is 32.3 Å². The molecule has 0 saturated carbocycles. The number of nitrogens with two attached hydrogens (primary N) is 1. The minimum Gasteiger partial charge on any atom is -0.497 e.